The second kappa shape index (κ2) is 8.66. The molecule has 3 aromatic rings. The Morgan fingerprint density at radius 3 is 2.41 bits per heavy atom. The number of carboxylic acid groups (broad SMARTS) is 1. The maximum Gasteiger partial charge on any atom is 0.335 e. The number of benzene rings is 2. The SMILES string of the molecule is COc1ccc(CCNc2cc(Nc3ccc(C(=O)O)cc3)ncn2)cc1. The van der Waals surface area contributed by atoms with Crippen LogP contribution in [0.1, 0.15) is 15.9 Å². The zero-order chi connectivity index (χ0) is 19.1. The molecular weight excluding hydrogens is 344 g/mol. The lowest BCUT2D eigenvalue weighted by atomic mass is 10.1. The molecule has 0 aliphatic rings. The first-order valence-electron chi connectivity index (χ1n) is 8.43. The number of hydrogen-bond donors (Lipinski definition) is 3. The summed E-state index contributed by atoms with van der Waals surface area (Å²) in [6.45, 7) is 0.732. The molecule has 7 nitrogen and oxygen atoms in total. The molecule has 27 heavy (non-hydrogen) atoms. The normalized spacial score (nSPS) is 10.3. The van der Waals surface area contributed by atoms with Gasteiger partial charge in [-0.05, 0) is 48.4 Å². The predicted octanol–water partition coefficient (Wildman–Crippen LogP) is 3.58. The molecule has 138 valence electrons. The van der Waals surface area contributed by atoms with Crippen molar-refractivity contribution in [2.75, 3.05) is 24.3 Å². The van der Waals surface area contributed by atoms with E-state index in [2.05, 4.69) is 20.6 Å². The molecule has 0 fully saturated rings. The number of carbonyl (C=O) groups is 1. The molecular formula is C20H20N4O3. The average Bonchev–Trinajstić information content (AvgIpc) is 2.69. The molecule has 0 unspecified atom stereocenters. The van der Waals surface area contributed by atoms with E-state index in [1.165, 1.54) is 11.9 Å². The minimum absolute atomic E-state index is 0.240. The fourth-order valence-corrected chi connectivity index (χ4v) is 2.49. The van der Waals surface area contributed by atoms with Crippen LogP contribution in [0.3, 0.4) is 0 Å². The average molecular weight is 364 g/mol. The van der Waals surface area contributed by atoms with Crippen LogP contribution in [-0.2, 0) is 6.42 Å². The van der Waals surface area contributed by atoms with Crippen LogP contribution >= 0.6 is 0 Å². The molecule has 0 spiro atoms. The highest BCUT2D eigenvalue weighted by molar-refractivity contribution is 5.88. The van der Waals surface area contributed by atoms with Crippen LogP contribution in [0.25, 0.3) is 0 Å². The Hall–Kier alpha value is -3.61. The van der Waals surface area contributed by atoms with Gasteiger partial charge in [0, 0.05) is 18.3 Å². The second-order valence-corrected chi connectivity index (χ2v) is 5.82. The number of methoxy groups -OCH3 is 1. The van der Waals surface area contributed by atoms with Gasteiger partial charge in [0.25, 0.3) is 0 Å². The quantitative estimate of drug-likeness (QED) is 0.562. The molecule has 3 rings (SSSR count). The maximum atomic E-state index is 10.9. The van der Waals surface area contributed by atoms with E-state index in [1.54, 1.807) is 37.4 Å². The molecule has 0 aliphatic carbocycles. The monoisotopic (exact) mass is 364 g/mol. The Balaban J connectivity index is 1.55. The number of nitrogens with one attached hydrogen (secondary N) is 2. The lowest BCUT2D eigenvalue weighted by Gasteiger charge is -2.09. The predicted molar refractivity (Wildman–Crippen MR) is 104 cm³/mol. The first-order valence-corrected chi connectivity index (χ1v) is 8.43. The third-order valence-corrected chi connectivity index (χ3v) is 3.95. The van der Waals surface area contributed by atoms with E-state index in [0.29, 0.717) is 11.6 Å². The smallest absolute Gasteiger partial charge is 0.335 e. The van der Waals surface area contributed by atoms with Gasteiger partial charge in [-0.1, -0.05) is 12.1 Å². The van der Waals surface area contributed by atoms with Crippen LogP contribution in [0.2, 0.25) is 0 Å². The van der Waals surface area contributed by atoms with E-state index < -0.39 is 5.97 Å². The highest BCUT2D eigenvalue weighted by Gasteiger charge is 2.03. The van der Waals surface area contributed by atoms with E-state index in [0.717, 1.165) is 24.4 Å². The van der Waals surface area contributed by atoms with Crippen molar-refractivity contribution in [2.24, 2.45) is 0 Å². The van der Waals surface area contributed by atoms with Crippen molar-refractivity contribution in [3.05, 3.63) is 72.1 Å². The van der Waals surface area contributed by atoms with E-state index in [1.807, 2.05) is 24.3 Å². The van der Waals surface area contributed by atoms with Crippen LogP contribution in [0.5, 0.6) is 5.75 Å². The molecule has 3 N–H and O–H groups in total. The standard InChI is InChI=1S/C20H20N4O3/c1-27-17-8-2-14(3-9-17)10-11-21-18-12-19(23-13-22-18)24-16-6-4-15(5-7-16)20(25)26/h2-9,12-13H,10-11H2,1H3,(H,25,26)(H2,21,22,23,24). The number of hydrogen-bond acceptors (Lipinski definition) is 6. The molecule has 2 aromatic carbocycles. The zero-order valence-electron chi connectivity index (χ0n) is 14.8. The first-order chi connectivity index (χ1) is 13.1. The van der Waals surface area contributed by atoms with Gasteiger partial charge in [0.1, 0.15) is 23.7 Å². The van der Waals surface area contributed by atoms with E-state index in [4.69, 9.17) is 9.84 Å². The molecule has 0 saturated heterocycles. The van der Waals surface area contributed by atoms with Gasteiger partial charge >= 0.3 is 5.97 Å². The van der Waals surface area contributed by atoms with Gasteiger partial charge in [-0.2, -0.15) is 0 Å². The van der Waals surface area contributed by atoms with Crippen LogP contribution < -0.4 is 15.4 Å². The van der Waals surface area contributed by atoms with Gasteiger partial charge in [-0.3, -0.25) is 0 Å². The van der Waals surface area contributed by atoms with Crippen LogP contribution in [0, 0.1) is 0 Å². The third-order valence-electron chi connectivity index (χ3n) is 3.95. The first kappa shape index (κ1) is 18.2. The summed E-state index contributed by atoms with van der Waals surface area (Å²) >= 11 is 0. The summed E-state index contributed by atoms with van der Waals surface area (Å²) in [5.74, 6) is 1.23. The van der Waals surface area contributed by atoms with Gasteiger partial charge in [0.15, 0.2) is 0 Å². The minimum Gasteiger partial charge on any atom is -0.497 e. The molecule has 0 radical (unpaired) electrons. The minimum atomic E-state index is -0.952. The third kappa shape index (κ3) is 5.18. The van der Waals surface area contributed by atoms with Crippen molar-refractivity contribution in [3.63, 3.8) is 0 Å². The van der Waals surface area contributed by atoms with Crippen LogP contribution in [-0.4, -0.2) is 34.7 Å². The lowest BCUT2D eigenvalue weighted by Crippen LogP contribution is -2.07. The molecule has 1 aromatic heterocycles. The molecule has 0 aliphatic heterocycles. The van der Waals surface area contributed by atoms with Crippen molar-refractivity contribution < 1.29 is 14.6 Å². The summed E-state index contributed by atoms with van der Waals surface area (Å²) in [6, 6.07) is 16.2. The zero-order valence-corrected chi connectivity index (χ0v) is 14.8. The van der Waals surface area contributed by atoms with Crippen LogP contribution in [0.15, 0.2) is 60.9 Å². The Morgan fingerprint density at radius 2 is 1.74 bits per heavy atom. The summed E-state index contributed by atoms with van der Waals surface area (Å²) in [6.07, 6.45) is 2.33. The summed E-state index contributed by atoms with van der Waals surface area (Å²) in [5.41, 5.74) is 2.20. The number of ether oxygens (including phenoxy) is 1. The molecule has 0 amide bonds. The topological polar surface area (TPSA) is 96.4 Å². The van der Waals surface area contributed by atoms with Gasteiger partial charge in [-0.15, -0.1) is 0 Å². The number of carboxylic acids is 1. The van der Waals surface area contributed by atoms with E-state index in [-0.39, 0.29) is 5.56 Å². The maximum absolute atomic E-state index is 10.9. The Labute approximate surface area is 157 Å². The summed E-state index contributed by atoms with van der Waals surface area (Å²) < 4.78 is 5.15. The van der Waals surface area contributed by atoms with Crippen molar-refractivity contribution in [2.45, 2.75) is 6.42 Å². The summed E-state index contributed by atoms with van der Waals surface area (Å²) in [7, 11) is 1.65. The van der Waals surface area contributed by atoms with Gasteiger partial charge in [0.2, 0.25) is 0 Å². The van der Waals surface area contributed by atoms with Gasteiger partial charge < -0.3 is 20.5 Å². The number of rotatable bonds is 8. The Morgan fingerprint density at radius 1 is 1.04 bits per heavy atom. The highest BCUT2D eigenvalue weighted by Crippen LogP contribution is 2.17. The lowest BCUT2D eigenvalue weighted by molar-refractivity contribution is 0.0697. The van der Waals surface area contributed by atoms with E-state index >= 15 is 0 Å². The molecule has 0 bridgehead atoms. The number of nitrogens with zero attached hydrogens (tertiary/aromatic N) is 2. The fourth-order valence-electron chi connectivity index (χ4n) is 2.49. The Kier molecular flexibility index (Phi) is 5.84. The fraction of sp³-hybridized carbons (Fsp3) is 0.150. The van der Waals surface area contributed by atoms with Crippen molar-refractivity contribution in [3.8, 4) is 5.75 Å². The van der Waals surface area contributed by atoms with Gasteiger partial charge in [-0.25, -0.2) is 14.8 Å². The van der Waals surface area contributed by atoms with Crippen molar-refractivity contribution in [1.29, 1.82) is 0 Å². The number of aromatic carboxylic acids is 1. The largest absolute Gasteiger partial charge is 0.497 e. The molecule has 1 heterocycles. The van der Waals surface area contributed by atoms with Gasteiger partial charge in [0.05, 0.1) is 12.7 Å². The highest BCUT2D eigenvalue weighted by atomic mass is 16.5. The molecule has 0 atom stereocenters. The van der Waals surface area contributed by atoms with E-state index in [9.17, 15) is 4.79 Å². The van der Waals surface area contributed by atoms with Crippen molar-refractivity contribution >= 4 is 23.3 Å². The van der Waals surface area contributed by atoms with Crippen molar-refractivity contribution in [1.82, 2.24) is 9.97 Å². The Bertz CT molecular complexity index is 896. The van der Waals surface area contributed by atoms with Crippen LogP contribution in [0.4, 0.5) is 17.3 Å². The molecule has 0 saturated carbocycles. The summed E-state index contributed by atoms with van der Waals surface area (Å²) in [5, 5.41) is 15.3. The second-order valence-electron chi connectivity index (χ2n) is 5.82. The molecule has 7 heteroatoms. The number of anilines is 3. The summed E-state index contributed by atoms with van der Waals surface area (Å²) in [4.78, 5) is 19.3. The number of aromatic nitrogens is 2.